The molecule has 0 bridgehead atoms. The third-order valence-electron chi connectivity index (χ3n) is 6.91. The first-order valence-corrected chi connectivity index (χ1v) is 13.2. The van der Waals surface area contributed by atoms with Gasteiger partial charge in [-0.1, -0.05) is 0 Å². The highest BCUT2D eigenvalue weighted by molar-refractivity contribution is 7.89. The van der Waals surface area contributed by atoms with E-state index in [9.17, 15) is 39.6 Å². The van der Waals surface area contributed by atoms with E-state index < -0.39 is 56.8 Å². The van der Waals surface area contributed by atoms with E-state index in [1.165, 1.54) is 4.31 Å². The summed E-state index contributed by atoms with van der Waals surface area (Å²) < 4.78 is 108. The number of carbonyl (C=O) groups is 1. The Bertz CT molecular complexity index is 1540. The molecule has 1 aliphatic heterocycles. The van der Waals surface area contributed by atoms with Crippen LogP contribution in [0.2, 0.25) is 0 Å². The molecule has 1 saturated carbocycles. The van der Waals surface area contributed by atoms with Crippen molar-refractivity contribution in [1.29, 1.82) is 0 Å². The van der Waals surface area contributed by atoms with Crippen LogP contribution in [-0.4, -0.2) is 40.2 Å². The fraction of sp³-hybridized carbons (Fsp3) is 0.320. The summed E-state index contributed by atoms with van der Waals surface area (Å²) >= 11 is 0. The monoisotopic (exact) mass is 570 g/mol. The molecule has 0 radical (unpaired) electrons. The first kappa shape index (κ1) is 27.1. The van der Waals surface area contributed by atoms with E-state index in [1.807, 2.05) is 0 Å². The molecule has 39 heavy (non-hydrogen) atoms. The number of nitrogens with one attached hydrogen (secondary N) is 1. The lowest BCUT2D eigenvalue weighted by Gasteiger charge is -2.28. The minimum atomic E-state index is -5.02. The molecule has 0 unspecified atom stereocenters. The van der Waals surface area contributed by atoms with Crippen molar-refractivity contribution in [2.75, 3.05) is 0 Å². The van der Waals surface area contributed by atoms with Gasteiger partial charge in [-0.2, -0.15) is 17.5 Å². The number of aromatic nitrogens is 2. The van der Waals surface area contributed by atoms with Crippen LogP contribution < -0.4 is 5.32 Å². The van der Waals surface area contributed by atoms with Gasteiger partial charge < -0.3 is 5.32 Å². The summed E-state index contributed by atoms with van der Waals surface area (Å²) in [5.41, 5.74) is -2.88. The van der Waals surface area contributed by atoms with Crippen LogP contribution in [0.5, 0.6) is 0 Å². The second-order valence-electron chi connectivity index (χ2n) is 9.46. The molecular formula is C25H20F6N4O3S. The molecule has 1 aliphatic carbocycles. The second kappa shape index (κ2) is 9.59. The van der Waals surface area contributed by atoms with Gasteiger partial charge in [0.2, 0.25) is 15.9 Å². The van der Waals surface area contributed by atoms with Crippen molar-refractivity contribution in [1.82, 2.24) is 19.6 Å². The summed E-state index contributed by atoms with van der Waals surface area (Å²) in [6.45, 7) is -0.267. The van der Waals surface area contributed by atoms with Gasteiger partial charge in [-0.05, 0) is 62.1 Å². The molecule has 3 aromatic rings. The van der Waals surface area contributed by atoms with Crippen LogP contribution in [-0.2, 0) is 27.5 Å². The van der Waals surface area contributed by atoms with Crippen molar-refractivity contribution in [3.05, 3.63) is 77.6 Å². The number of benzene rings is 1. The Morgan fingerprint density at radius 1 is 1.00 bits per heavy atom. The lowest BCUT2D eigenvalue weighted by atomic mass is 10.1. The average molecular weight is 571 g/mol. The maximum atomic E-state index is 14.4. The predicted molar refractivity (Wildman–Crippen MR) is 125 cm³/mol. The molecule has 1 amide bonds. The number of amides is 1. The maximum Gasteiger partial charge on any atom is 0.436 e. The summed E-state index contributed by atoms with van der Waals surface area (Å²) in [4.78, 5) is 19.9. The van der Waals surface area contributed by atoms with E-state index in [2.05, 4.69) is 15.3 Å². The van der Waals surface area contributed by atoms with Gasteiger partial charge >= 0.3 is 6.18 Å². The van der Waals surface area contributed by atoms with Crippen molar-refractivity contribution in [2.45, 2.75) is 54.9 Å². The minimum Gasteiger partial charge on any atom is -0.349 e. The Hall–Kier alpha value is -3.52. The summed E-state index contributed by atoms with van der Waals surface area (Å²) in [7, 11) is -4.13. The van der Waals surface area contributed by atoms with E-state index >= 15 is 0 Å². The molecule has 2 aliphatic rings. The van der Waals surface area contributed by atoms with Crippen molar-refractivity contribution in [2.24, 2.45) is 0 Å². The number of halogens is 6. The van der Waals surface area contributed by atoms with E-state index in [4.69, 9.17) is 0 Å². The van der Waals surface area contributed by atoms with Crippen LogP contribution in [0, 0.1) is 17.5 Å². The fourth-order valence-corrected chi connectivity index (χ4v) is 6.87. The summed E-state index contributed by atoms with van der Waals surface area (Å²) in [5.74, 6) is -3.86. The molecule has 2 aromatic heterocycles. The van der Waals surface area contributed by atoms with E-state index in [0.717, 1.165) is 36.5 Å². The maximum absolute atomic E-state index is 14.4. The smallest absolute Gasteiger partial charge is 0.349 e. The molecule has 3 heterocycles. The highest BCUT2D eigenvalue weighted by Crippen LogP contribution is 2.54. The van der Waals surface area contributed by atoms with Gasteiger partial charge in [0.05, 0.1) is 23.3 Å². The van der Waals surface area contributed by atoms with Crippen LogP contribution in [0.1, 0.15) is 37.1 Å². The van der Waals surface area contributed by atoms with Gasteiger partial charge in [0, 0.05) is 22.9 Å². The Labute approximate surface area is 218 Å². The highest BCUT2D eigenvalue weighted by atomic mass is 32.2. The molecule has 7 nitrogen and oxygen atoms in total. The largest absolute Gasteiger partial charge is 0.436 e. The molecule has 1 aromatic carbocycles. The first-order chi connectivity index (χ1) is 18.3. The van der Waals surface area contributed by atoms with Crippen LogP contribution in [0.15, 0.2) is 53.7 Å². The number of carbonyl (C=O) groups excluding carboxylic acids is 1. The number of alkyl halides is 3. The molecule has 1 saturated heterocycles. The standard InChI is InChI=1S/C25H20F6N4O3S/c26-15-1-3-17(4-2-15)39(37,38)35-21(5-6-24(35)7-8-24)23(36)34-12-16-10-18(20(28)13-32-16)14-9-19(27)22(33-11-14)25(29,30)31/h1-4,9-11,13,21H,5-8,12H2,(H,34,36)/t21-/m0/s1. The Balaban J connectivity index is 1.35. The van der Waals surface area contributed by atoms with Gasteiger partial charge in [0.15, 0.2) is 11.5 Å². The Morgan fingerprint density at radius 3 is 2.31 bits per heavy atom. The first-order valence-electron chi connectivity index (χ1n) is 11.8. The summed E-state index contributed by atoms with van der Waals surface area (Å²) in [5, 5.41) is 2.58. The van der Waals surface area contributed by atoms with Crippen molar-refractivity contribution in [3.8, 4) is 11.1 Å². The quantitative estimate of drug-likeness (QED) is 0.438. The summed E-state index contributed by atoms with van der Waals surface area (Å²) in [6, 6.07) is 4.90. The molecule has 14 heteroatoms. The zero-order chi connectivity index (χ0) is 28.2. The van der Waals surface area contributed by atoms with Gasteiger partial charge in [-0.3, -0.25) is 9.78 Å². The van der Waals surface area contributed by atoms with Gasteiger partial charge in [-0.25, -0.2) is 26.6 Å². The number of nitrogens with zero attached hydrogens (tertiary/aromatic N) is 3. The van der Waals surface area contributed by atoms with Crippen molar-refractivity contribution < 1.29 is 39.6 Å². The third-order valence-corrected chi connectivity index (χ3v) is 8.94. The molecule has 1 spiro atoms. The number of hydrogen-bond acceptors (Lipinski definition) is 5. The molecule has 2 fully saturated rings. The van der Waals surface area contributed by atoms with Crippen LogP contribution in [0.3, 0.4) is 0 Å². The molecule has 5 rings (SSSR count). The van der Waals surface area contributed by atoms with Crippen molar-refractivity contribution in [3.63, 3.8) is 0 Å². The van der Waals surface area contributed by atoms with Crippen LogP contribution >= 0.6 is 0 Å². The van der Waals surface area contributed by atoms with E-state index in [0.29, 0.717) is 31.5 Å². The van der Waals surface area contributed by atoms with Crippen LogP contribution in [0.4, 0.5) is 26.3 Å². The van der Waals surface area contributed by atoms with E-state index in [1.54, 1.807) is 0 Å². The van der Waals surface area contributed by atoms with Gasteiger partial charge in [-0.15, -0.1) is 0 Å². The minimum absolute atomic E-state index is 0.0899. The number of rotatable bonds is 6. The second-order valence-corrected chi connectivity index (χ2v) is 11.3. The van der Waals surface area contributed by atoms with Gasteiger partial charge in [0.25, 0.3) is 0 Å². The fourth-order valence-electron chi connectivity index (χ4n) is 4.85. The third kappa shape index (κ3) is 5.10. The molecular weight excluding hydrogens is 550 g/mol. The lowest BCUT2D eigenvalue weighted by Crippen LogP contribution is -2.49. The average Bonchev–Trinajstić information content (AvgIpc) is 3.53. The molecule has 1 atom stereocenters. The zero-order valence-corrected chi connectivity index (χ0v) is 20.8. The van der Waals surface area contributed by atoms with Crippen molar-refractivity contribution >= 4 is 15.9 Å². The Morgan fingerprint density at radius 2 is 1.69 bits per heavy atom. The highest BCUT2D eigenvalue weighted by Gasteiger charge is 2.61. The number of pyridine rings is 2. The van der Waals surface area contributed by atoms with E-state index in [-0.39, 0.29) is 34.7 Å². The molecule has 206 valence electrons. The zero-order valence-electron chi connectivity index (χ0n) is 20.0. The summed E-state index contributed by atoms with van der Waals surface area (Å²) in [6.07, 6.45) is -1.69. The van der Waals surface area contributed by atoms with Crippen LogP contribution in [0.25, 0.3) is 11.1 Å². The molecule has 1 N–H and O–H groups in total. The normalized spacial score (nSPS) is 18.9. The SMILES string of the molecule is O=C(NCc1cc(-c2cnc(C(F)(F)F)c(F)c2)c(F)cn1)[C@@H]1CCC2(CC2)N1S(=O)(=O)c1ccc(F)cc1. The Kier molecular flexibility index (Phi) is 6.66. The number of sulfonamides is 1. The van der Waals surface area contributed by atoms with Gasteiger partial charge in [0.1, 0.15) is 17.7 Å². The topological polar surface area (TPSA) is 92.3 Å². The number of hydrogen-bond donors (Lipinski definition) is 1. The lowest BCUT2D eigenvalue weighted by molar-refractivity contribution is -0.143. The predicted octanol–water partition coefficient (Wildman–Crippen LogP) is 4.58.